The molecule has 0 heterocycles. The predicted octanol–water partition coefficient (Wildman–Crippen LogP) is 1.82. The van der Waals surface area contributed by atoms with Gasteiger partial charge in [0.05, 0.1) is 0 Å². The molecule has 0 aromatic rings. The van der Waals surface area contributed by atoms with Gasteiger partial charge in [0.1, 0.15) is 0 Å². The van der Waals surface area contributed by atoms with Crippen LogP contribution in [-0.4, -0.2) is 0 Å². The van der Waals surface area contributed by atoms with E-state index >= 15 is 0 Å². The molecule has 8 heavy (non-hydrogen) atoms. The third kappa shape index (κ3) is 1.82. The fourth-order valence-electron chi connectivity index (χ4n) is 0.584. The first-order valence-corrected chi connectivity index (χ1v) is 2.80. The molecule has 0 unspecified atom stereocenters. The molecule has 0 aromatic carbocycles. The van der Waals surface area contributed by atoms with Crippen molar-refractivity contribution in [2.24, 2.45) is 5.73 Å². The molecule has 0 amide bonds. The number of hydrogen-bond donors (Lipinski definition) is 1. The Bertz CT molecular complexity index is 108. The average Bonchev–Trinajstić information content (AvgIpc) is 1.69. The van der Waals surface area contributed by atoms with Crippen LogP contribution in [0.15, 0.2) is 23.9 Å². The molecule has 0 spiro atoms. The lowest BCUT2D eigenvalue weighted by Gasteiger charge is -1.96. The highest BCUT2D eigenvalue weighted by atomic mass is 14.6. The summed E-state index contributed by atoms with van der Waals surface area (Å²) in [6.07, 6.45) is 2.78. The van der Waals surface area contributed by atoms with Crippen LogP contribution in [0.2, 0.25) is 0 Å². The number of nitrogens with two attached hydrogens (primary N) is 1. The van der Waals surface area contributed by atoms with Gasteiger partial charge in [0.2, 0.25) is 0 Å². The van der Waals surface area contributed by atoms with Crippen molar-refractivity contribution in [3.05, 3.63) is 23.9 Å². The molecule has 0 saturated heterocycles. The molecule has 0 radical (unpaired) electrons. The summed E-state index contributed by atoms with van der Waals surface area (Å²) in [6, 6.07) is 0. The number of allylic oxidation sites excluding steroid dienone is 3. The second-order valence-corrected chi connectivity index (χ2v) is 1.77. The Balaban J connectivity index is 4.07. The summed E-state index contributed by atoms with van der Waals surface area (Å²) in [7, 11) is 0. The molecule has 0 aromatic heterocycles. The zero-order chi connectivity index (χ0) is 6.57. The molecule has 0 atom stereocenters. The topological polar surface area (TPSA) is 26.0 Å². The lowest BCUT2D eigenvalue weighted by atomic mass is 10.2. The molecular weight excluding hydrogens is 98.1 g/mol. The van der Waals surface area contributed by atoms with Crippen LogP contribution >= 0.6 is 0 Å². The first-order valence-electron chi connectivity index (χ1n) is 2.80. The average molecular weight is 111 g/mol. The highest BCUT2D eigenvalue weighted by molar-refractivity contribution is 5.19. The molecule has 2 N–H and O–H groups in total. The van der Waals surface area contributed by atoms with Crippen LogP contribution in [0.25, 0.3) is 0 Å². The SMILES string of the molecule is C=C/C(CC)=C(/C)N. The predicted molar refractivity (Wildman–Crippen MR) is 37.4 cm³/mol. The third-order valence-electron chi connectivity index (χ3n) is 1.13. The summed E-state index contributed by atoms with van der Waals surface area (Å²) >= 11 is 0. The van der Waals surface area contributed by atoms with E-state index in [9.17, 15) is 0 Å². The standard InChI is InChI=1S/C7H13N/c1-4-7(5-2)6(3)8/h4H,1,5,8H2,2-3H3/b7-6+. The molecule has 46 valence electrons. The fourth-order valence-corrected chi connectivity index (χ4v) is 0.584. The van der Waals surface area contributed by atoms with E-state index in [0.29, 0.717) is 0 Å². The zero-order valence-electron chi connectivity index (χ0n) is 5.57. The smallest absolute Gasteiger partial charge is 0.00810 e. The summed E-state index contributed by atoms with van der Waals surface area (Å²) in [6.45, 7) is 7.57. The van der Waals surface area contributed by atoms with Crippen LogP contribution in [0.3, 0.4) is 0 Å². The first-order chi connectivity index (χ1) is 3.72. The molecule has 0 rings (SSSR count). The molecule has 0 aliphatic rings. The van der Waals surface area contributed by atoms with E-state index in [1.807, 2.05) is 6.92 Å². The first kappa shape index (κ1) is 7.28. The van der Waals surface area contributed by atoms with Gasteiger partial charge in [-0.3, -0.25) is 0 Å². The van der Waals surface area contributed by atoms with E-state index in [-0.39, 0.29) is 0 Å². The van der Waals surface area contributed by atoms with Gasteiger partial charge in [-0.2, -0.15) is 0 Å². The maximum atomic E-state index is 5.47. The Morgan fingerprint density at radius 1 is 1.75 bits per heavy atom. The lowest BCUT2D eigenvalue weighted by Crippen LogP contribution is -1.94. The molecule has 0 aliphatic carbocycles. The molecule has 1 nitrogen and oxygen atoms in total. The summed E-state index contributed by atoms with van der Waals surface area (Å²) in [4.78, 5) is 0. The van der Waals surface area contributed by atoms with Crippen LogP contribution in [-0.2, 0) is 0 Å². The molecule has 0 aliphatic heterocycles. The quantitative estimate of drug-likeness (QED) is 0.540. The minimum Gasteiger partial charge on any atom is -0.402 e. The van der Waals surface area contributed by atoms with Crippen molar-refractivity contribution in [2.75, 3.05) is 0 Å². The van der Waals surface area contributed by atoms with E-state index in [1.165, 1.54) is 0 Å². The van der Waals surface area contributed by atoms with Gasteiger partial charge in [-0.05, 0) is 18.9 Å². The Morgan fingerprint density at radius 3 is 2.25 bits per heavy atom. The Labute approximate surface area is 50.9 Å². The Hall–Kier alpha value is -0.720. The summed E-state index contributed by atoms with van der Waals surface area (Å²) < 4.78 is 0. The highest BCUT2D eigenvalue weighted by Crippen LogP contribution is 2.03. The van der Waals surface area contributed by atoms with Gasteiger partial charge in [-0.15, -0.1) is 0 Å². The number of hydrogen-bond acceptors (Lipinski definition) is 1. The van der Waals surface area contributed by atoms with E-state index in [2.05, 4.69) is 13.5 Å². The van der Waals surface area contributed by atoms with E-state index in [4.69, 9.17) is 5.73 Å². The highest BCUT2D eigenvalue weighted by Gasteiger charge is 1.87. The summed E-state index contributed by atoms with van der Waals surface area (Å²) in [5.41, 5.74) is 7.49. The van der Waals surface area contributed by atoms with Gasteiger partial charge < -0.3 is 5.73 Å². The van der Waals surface area contributed by atoms with Gasteiger partial charge in [0.15, 0.2) is 0 Å². The van der Waals surface area contributed by atoms with Gasteiger partial charge in [-0.25, -0.2) is 0 Å². The van der Waals surface area contributed by atoms with E-state index in [0.717, 1.165) is 17.7 Å². The molecule has 0 saturated carbocycles. The Kier molecular flexibility index (Phi) is 3.01. The van der Waals surface area contributed by atoms with E-state index in [1.54, 1.807) is 6.08 Å². The van der Waals surface area contributed by atoms with Crippen LogP contribution < -0.4 is 5.73 Å². The maximum Gasteiger partial charge on any atom is 0.00810 e. The largest absolute Gasteiger partial charge is 0.402 e. The van der Waals surface area contributed by atoms with Crippen LogP contribution in [0.1, 0.15) is 20.3 Å². The normalized spacial score (nSPS) is 12.8. The maximum absolute atomic E-state index is 5.47. The minimum atomic E-state index is 0.877. The van der Waals surface area contributed by atoms with Crippen LogP contribution in [0.4, 0.5) is 0 Å². The second kappa shape index (κ2) is 3.30. The van der Waals surface area contributed by atoms with Crippen LogP contribution in [0.5, 0.6) is 0 Å². The van der Waals surface area contributed by atoms with Crippen molar-refractivity contribution in [1.29, 1.82) is 0 Å². The molecule has 1 heteroatoms. The van der Waals surface area contributed by atoms with Crippen molar-refractivity contribution >= 4 is 0 Å². The van der Waals surface area contributed by atoms with E-state index < -0.39 is 0 Å². The van der Waals surface area contributed by atoms with Crippen molar-refractivity contribution in [3.63, 3.8) is 0 Å². The van der Waals surface area contributed by atoms with Crippen molar-refractivity contribution < 1.29 is 0 Å². The van der Waals surface area contributed by atoms with Gasteiger partial charge in [-0.1, -0.05) is 19.6 Å². The summed E-state index contributed by atoms with van der Waals surface area (Å²) in [5.74, 6) is 0. The van der Waals surface area contributed by atoms with Gasteiger partial charge in [0.25, 0.3) is 0 Å². The third-order valence-corrected chi connectivity index (χ3v) is 1.13. The lowest BCUT2D eigenvalue weighted by molar-refractivity contribution is 1.09. The number of rotatable bonds is 2. The molecule has 0 bridgehead atoms. The zero-order valence-corrected chi connectivity index (χ0v) is 5.57. The second-order valence-electron chi connectivity index (χ2n) is 1.77. The van der Waals surface area contributed by atoms with Crippen molar-refractivity contribution in [1.82, 2.24) is 0 Å². The Morgan fingerprint density at radius 2 is 2.25 bits per heavy atom. The molecular formula is C7H13N. The summed E-state index contributed by atoms with van der Waals surface area (Å²) in [5, 5.41) is 0. The van der Waals surface area contributed by atoms with Crippen molar-refractivity contribution in [3.8, 4) is 0 Å². The van der Waals surface area contributed by atoms with Gasteiger partial charge in [0, 0.05) is 5.70 Å². The minimum absolute atomic E-state index is 0.877. The fraction of sp³-hybridized carbons (Fsp3) is 0.429. The monoisotopic (exact) mass is 111 g/mol. The van der Waals surface area contributed by atoms with Crippen molar-refractivity contribution in [2.45, 2.75) is 20.3 Å². The van der Waals surface area contributed by atoms with Crippen LogP contribution in [0, 0.1) is 0 Å². The molecule has 0 fully saturated rings. The van der Waals surface area contributed by atoms with Gasteiger partial charge >= 0.3 is 0 Å².